The molecule has 4 nitrogen and oxygen atoms in total. The van der Waals surface area contributed by atoms with Crippen molar-refractivity contribution < 1.29 is 4.79 Å². The zero-order chi connectivity index (χ0) is 14.7. The third kappa shape index (κ3) is 3.23. The maximum atomic E-state index is 12.0. The van der Waals surface area contributed by atoms with Crippen LogP contribution in [0.15, 0.2) is 54.7 Å². The van der Waals surface area contributed by atoms with E-state index in [9.17, 15) is 4.79 Å². The molecule has 1 amide bonds. The van der Waals surface area contributed by atoms with E-state index in [0.717, 1.165) is 16.5 Å². The molecule has 0 bridgehead atoms. The van der Waals surface area contributed by atoms with Crippen LogP contribution in [-0.4, -0.2) is 15.7 Å². The fourth-order valence-corrected chi connectivity index (χ4v) is 2.32. The van der Waals surface area contributed by atoms with Crippen molar-refractivity contribution in [2.75, 3.05) is 0 Å². The molecule has 0 saturated carbocycles. The van der Waals surface area contributed by atoms with Crippen molar-refractivity contribution in [3.8, 4) is 0 Å². The lowest BCUT2D eigenvalue weighted by atomic mass is 10.2. The smallest absolute Gasteiger partial charge is 0.242 e. The summed E-state index contributed by atoms with van der Waals surface area (Å²) in [6.07, 6.45) is 1.73. The maximum absolute atomic E-state index is 12.0. The number of rotatable bonds is 4. The van der Waals surface area contributed by atoms with E-state index in [2.05, 4.69) is 10.4 Å². The predicted molar refractivity (Wildman–Crippen MR) is 83.0 cm³/mol. The first-order valence-electron chi connectivity index (χ1n) is 6.64. The first-order valence-corrected chi connectivity index (χ1v) is 7.02. The van der Waals surface area contributed by atoms with Gasteiger partial charge in [-0.15, -0.1) is 0 Å². The molecule has 0 saturated heterocycles. The average molecular weight is 300 g/mol. The van der Waals surface area contributed by atoms with Crippen molar-refractivity contribution in [3.63, 3.8) is 0 Å². The number of nitrogens with zero attached hydrogens (tertiary/aromatic N) is 2. The molecule has 0 radical (unpaired) electrons. The van der Waals surface area contributed by atoms with Crippen LogP contribution in [0.1, 0.15) is 5.56 Å². The molecule has 21 heavy (non-hydrogen) atoms. The van der Waals surface area contributed by atoms with Crippen LogP contribution in [0.4, 0.5) is 0 Å². The number of hydrogen-bond acceptors (Lipinski definition) is 2. The zero-order valence-corrected chi connectivity index (χ0v) is 12.0. The van der Waals surface area contributed by atoms with Crippen LogP contribution in [0.25, 0.3) is 10.9 Å². The lowest BCUT2D eigenvalue weighted by Gasteiger charge is -2.06. The van der Waals surface area contributed by atoms with Crippen molar-refractivity contribution in [1.82, 2.24) is 15.1 Å². The number of hydrogen-bond donors (Lipinski definition) is 1. The number of halogens is 1. The second kappa shape index (κ2) is 5.97. The molecule has 0 spiro atoms. The van der Waals surface area contributed by atoms with Gasteiger partial charge >= 0.3 is 0 Å². The Kier molecular flexibility index (Phi) is 3.88. The summed E-state index contributed by atoms with van der Waals surface area (Å²) in [4.78, 5) is 12.0. The third-order valence-electron chi connectivity index (χ3n) is 3.23. The Balaban J connectivity index is 1.67. The Labute approximate surface area is 127 Å². The van der Waals surface area contributed by atoms with Crippen LogP contribution in [0.5, 0.6) is 0 Å². The predicted octanol–water partition coefficient (Wildman–Crippen LogP) is 3.01. The molecule has 0 aliphatic carbocycles. The second-order valence-corrected chi connectivity index (χ2v) is 5.20. The van der Waals surface area contributed by atoms with Gasteiger partial charge in [0.2, 0.25) is 5.91 Å². The summed E-state index contributed by atoms with van der Waals surface area (Å²) in [7, 11) is 0. The topological polar surface area (TPSA) is 46.9 Å². The van der Waals surface area contributed by atoms with Gasteiger partial charge < -0.3 is 5.32 Å². The van der Waals surface area contributed by atoms with Gasteiger partial charge in [0.25, 0.3) is 0 Å². The number of aromatic nitrogens is 2. The molecular formula is C16H14ClN3O. The van der Waals surface area contributed by atoms with Crippen LogP contribution in [-0.2, 0) is 17.9 Å². The highest BCUT2D eigenvalue weighted by Crippen LogP contribution is 2.18. The molecule has 3 aromatic rings. The Morgan fingerprint density at radius 3 is 2.81 bits per heavy atom. The van der Waals surface area contributed by atoms with Gasteiger partial charge in [-0.3, -0.25) is 9.48 Å². The SMILES string of the molecule is O=C(Cn1ncc2ccc(Cl)cc21)NCc1ccccc1. The fourth-order valence-electron chi connectivity index (χ4n) is 2.16. The van der Waals surface area contributed by atoms with Gasteiger partial charge in [0.1, 0.15) is 6.54 Å². The van der Waals surface area contributed by atoms with Gasteiger partial charge in [0.15, 0.2) is 0 Å². The summed E-state index contributed by atoms with van der Waals surface area (Å²) in [5.41, 5.74) is 1.93. The molecule has 0 aliphatic heterocycles. The summed E-state index contributed by atoms with van der Waals surface area (Å²) in [5, 5.41) is 8.71. The van der Waals surface area contributed by atoms with E-state index in [1.54, 1.807) is 10.9 Å². The second-order valence-electron chi connectivity index (χ2n) is 4.77. The van der Waals surface area contributed by atoms with E-state index in [-0.39, 0.29) is 12.5 Å². The van der Waals surface area contributed by atoms with Gasteiger partial charge in [-0.1, -0.05) is 41.9 Å². The monoisotopic (exact) mass is 299 g/mol. The zero-order valence-electron chi connectivity index (χ0n) is 11.3. The minimum atomic E-state index is -0.0798. The van der Waals surface area contributed by atoms with Crippen LogP contribution >= 0.6 is 11.6 Å². The van der Waals surface area contributed by atoms with Crippen molar-refractivity contribution in [1.29, 1.82) is 0 Å². The highest BCUT2D eigenvalue weighted by molar-refractivity contribution is 6.31. The van der Waals surface area contributed by atoms with Crippen LogP contribution in [0.3, 0.4) is 0 Å². The Bertz CT molecular complexity index is 768. The standard InChI is InChI=1S/C16H14ClN3O/c17-14-7-6-13-10-19-20(15(13)8-14)11-16(21)18-9-12-4-2-1-3-5-12/h1-8,10H,9,11H2,(H,18,21). The summed E-state index contributed by atoms with van der Waals surface area (Å²) in [6, 6.07) is 15.3. The van der Waals surface area contributed by atoms with E-state index in [0.29, 0.717) is 11.6 Å². The molecule has 1 N–H and O–H groups in total. The molecule has 1 aromatic heterocycles. The number of carbonyl (C=O) groups is 1. The summed E-state index contributed by atoms with van der Waals surface area (Å²) < 4.78 is 1.65. The van der Waals surface area contributed by atoms with Gasteiger partial charge in [-0.05, 0) is 23.8 Å². The molecule has 0 aliphatic rings. The molecular weight excluding hydrogens is 286 g/mol. The summed E-state index contributed by atoms with van der Waals surface area (Å²) in [5.74, 6) is -0.0798. The molecule has 0 fully saturated rings. The van der Waals surface area contributed by atoms with Gasteiger partial charge in [0, 0.05) is 17.0 Å². The highest BCUT2D eigenvalue weighted by Gasteiger charge is 2.08. The number of nitrogens with one attached hydrogen (secondary N) is 1. The summed E-state index contributed by atoms with van der Waals surface area (Å²) in [6.45, 7) is 0.691. The van der Waals surface area contributed by atoms with Crippen molar-refractivity contribution in [2.45, 2.75) is 13.1 Å². The molecule has 106 valence electrons. The third-order valence-corrected chi connectivity index (χ3v) is 3.47. The normalized spacial score (nSPS) is 10.7. The molecule has 0 unspecified atom stereocenters. The van der Waals surface area contributed by atoms with Gasteiger partial charge in [0.05, 0.1) is 11.7 Å². The van der Waals surface area contributed by atoms with E-state index in [4.69, 9.17) is 11.6 Å². The van der Waals surface area contributed by atoms with Crippen LogP contribution in [0.2, 0.25) is 5.02 Å². The first kappa shape index (κ1) is 13.6. The highest BCUT2D eigenvalue weighted by atomic mass is 35.5. The molecule has 2 aromatic carbocycles. The number of carbonyl (C=O) groups excluding carboxylic acids is 1. The van der Waals surface area contributed by atoms with E-state index in [1.807, 2.05) is 48.5 Å². The lowest BCUT2D eigenvalue weighted by molar-refractivity contribution is -0.121. The Morgan fingerprint density at radius 2 is 2.00 bits per heavy atom. The molecule has 5 heteroatoms. The minimum Gasteiger partial charge on any atom is -0.350 e. The lowest BCUT2D eigenvalue weighted by Crippen LogP contribution is -2.27. The number of benzene rings is 2. The quantitative estimate of drug-likeness (QED) is 0.805. The van der Waals surface area contributed by atoms with Crippen molar-refractivity contribution >= 4 is 28.4 Å². The van der Waals surface area contributed by atoms with E-state index < -0.39 is 0 Å². The minimum absolute atomic E-state index is 0.0798. The van der Waals surface area contributed by atoms with Gasteiger partial charge in [-0.25, -0.2) is 0 Å². The average Bonchev–Trinajstić information content (AvgIpc) is 2.88. The fraction of sp³-hybridized carbons (Fsp3) is 0.125. The van der Waals surface area contributed by atoms with E-state index >= 15 is 0 Å². The molecule has 0 atom stereocenters. The van der Waals surface area contributed by atoms with E-state index in [1.165, 1.54) is 0 Å². The Morgan fingerprint density at radius 1 is 1.19 bits per heavy atom. The first-order chi connectivity index (χ1) is 10.2. The maximum Gasteiger partial charge on any atom is 0.242 e. The van der Waals surface area contributed by atoms with Crippen LogP contribution < -0.4 is 5.32 Å². The van der Waals surface area contributed by atoms with Crippen LogP contribution in [0, 0.1) is 0 Å². The summed E-state index contributed by atoms with van der Waals surface area (Å²) >= 11 is 5.98. The molecule has 1 heterocycles. The molecule has 3 rings (SSSR count). The Hall–Kier alpha value is -2.33. The van der Waals surface area contributed by atoms with Crippen molar-refractivity contribution in [3.05, 3.63) is 65.3 Å². The van der Waals surface area contributed by atoms with Crippen molar-refractivity contribution in [2.24, 2.45) is 0 Å². The van der Waals surface area contributed by atoms with Gasteiger partial charge in [-0.2, -0.15) is 5.10 Å². The number of amides is 1. The number of fused-ring (bicyclic) bond motifs is 1. The largest absolute Gasteiger partial charge is 0.350 e.